The van der Waals surface area contributed by atoms with Gasteiger partial charge in [0, 0.05) is 16.9 Å². The molecule has 2 heterocycles. The average Bonchev–Trinajstić information content (AvgIpc) is 3.03. The second kappa shape index (κ2) is 5.98. The van der Waals surface area contributed by atoms with E-state index >= 15 is 0 Å². The Morgan fingerprint density at radius 3 is 2.88 bits per heavy atom. The largest absolute Gasteiger partial charge is 0.250 e. The summed E-state index contributed by atoms with van der Waals surface area (Å²) >= 11 is 7.76. The number of halogens is 1. The molecule has 0 N–H and O–H groups in total. The minimum atomic E-state index is 0.341. The van der Waals surface area contributed by atoms with Gasteiger partial charge < -0.3 is 0 Å². The molecule has 0 saturated carbocycles. The predicted octanol–water partition coefficient (Wildman–Crippen LogP) is 6.04. The predicted molar refractivity (Wildman–Crippen MR) is 102 cm³/mol. The van der Waals surface area contributed by atoms with Gasteiger partial charge in [-0.1, -0.05) is 43.6 Å². The van der Waals surface area contributed by atoms with Crippen LogP contribution >= 0.6 is 22.9 Å². The van der Waals surface area contributed by atoms with E-state index in [4.69, 9.17) is 16.6 Å². The van der Waals surface area contributed by atoms with Crippen LogP contribution in [0.1, 0.15) is 31.5 Å². The topological polar surface area (TPSA) is 25.8 Å². The second-order valence-corrected chi connectivity index (χ2v) is 8.65. The van der Waals surface area contributed by atoms with Crippen molar-refractivity contribution in [3.8, 4) is 21.1 Å². The SMILES string of the molecule is CC1(C)CCc2ccc(-c3ncc(-c4cccc(Cl)c4)s3)nc2C1. The fourth-order valence-electron chi connectivity index (χ4n) is 3.21. The molecule has 0 bridgehead atoms. The van der Waals surface area contributed by atoms with Crippen molar-refractivity contribution >= 4 is 22.9 Å². The van der Waals surface area contributed by atoms with Crippen LogP contribution in [0.4, 0.5) is 0 Å². The van der Waals surface area contributed by atoms with Gasteiger partial charge in [0.25, 0.3) is 0 Å². The summed E-state index contributed by atoms with van der Waals surface area (Å²) < 4.78 is 0. The van der Waals surface area contributed by atoms with E-state index in [0.717, 1.165) is 39.0 Å². The summed E-state index contributed by atoms with van der Waals surface area (Å²) in [5.41, 5.74) is 5.05. The minimum Gasteiger partial charge on any atom is -0.250 e. The zero-order valence-electron chi connectivity index (χ0n) is 13.8. The van der Waals surface area contributed by atoms with Gasteiger partial charge >= 0.3 is 0 Å². The third-order valence-corrected chi connectivity index (χ3v) is 5.92. The smallest absolute Gasteiger partial charge is 0.142 e. The van der Waals surface area contributed by atoms with Crippen LogP contribution in [0.15, 0.2) is 42.6 Å². The molecule has 4 heteroatoms. The van der Waals surface area contributed by atoms with Gasteiger partial charge in [-0.05, 0) is 54.0 Å². The number of thiazole rings is 1. The molecule has 4 rings (SSSR count). The van der Waals surface area contributed by atoms with Gasteiger partial charge in [-0.3, -0.25) is 4.98 Å². The Morgan fingerprint density at radius 2 is 2.04 bits per heavy atom. The number of hydrogen-bond acceptors (Lipinski definition) is 3. The van der Waals surface area contributed by atoms with Crippen molar-refractivity contribution in [1.82, 2.24) is 9.97 Å². The average molecular weight is 355 g/mol. The van der Waals surface area contributed by atoms with Gasteiger partial charge in [0.1, 0.15) is 5.01 Å². The lowest BCUT2D eigenvalue weighted by atomic mass is 9.76. The van der Waals surface area contributed by atoms with Gasteiger partial charge in [0.05, 0.1) is 10.6 Å². The molecule has 1 aliphatic carbocycles. The number of hydrogen-bond donors (Lipinski definition) is 0. The molecule has 0 spiro atoms. The van der Waals surface area contributed by atoms with Crippen molar-refractivity contribution in [3.63, 3.8) is 0 Å². The van der Waals surface area contributed by atoms with Crippen LogP contribution in [0, 0.1) is 5.41 Å². The molecule has 1 aromatic carbocycles. The number of benzene rings is 1. The van der Waals surface area contributed by atoms with Crippen LogP contribution < -0.4 is 0 Å². The molecule has 0 radical (unpaired) electrons. The molecule has 3 aromatic rings. The van der Waals surface area contributed by atoms with Gasteiger partial charge in [-0.25, -0.2) is 4.98 Å². The van der Waals surface area contributed by atoms with E-state index < -0.39 is 0 Å². The monoisotopic (exact) mass is 354 g/mol. The first-order chi connectivity index (χ1) is 11.5. The van der Waals surface area contributed by atoms with E-state index in [0.29, 0.717) is 5.41 Å². The van der Waals surface area contributed by atoms with Crippen molar-refractivity contribution in [1.29, 1.82) is 0 Å². The van der Waals surface area contributed by atoms with Gasteiger partial charge in [0.2, 0.25) is 0 Å². The maximum absolute atomic E-state index is 6.10. The number of pyridine rings is 1. The molecule has 24 heavy (non-hydrogen) atoms. The Balaban J connectivity index is 1.68. The first kappa shape index (κ1) is 15.8. The van der Waals surface area contributed by atoms with Crippen molar-refractivity contribution < 1.29 is 0 Å². The van der Waals surface area contributed by atoms with Gasteiger partial charge in [-0.2, -0.15) is 0 Å². The van der Waals surface area contributed by atoms with E-state index in [2.05, 4.69) is 37.0 Å². The Bertz CT molecular complexity index is 898. The molecule has 0 aliphatic heterocycles. The summed E-state index contributed by atoms with van der Waals surface area (Å²) in [5, 5.41) is 1.72. The molecule has 0 amide bonds. The summed E-state index contributed by atoms with van der Waals surface area (Å²) in [6.07, 6.45) is 5.32. The number of aryl methyl sites for hydroxylation is 1. The highest BCUT2D eigenvalue weighted by Crippen LogP contribution is 2.36. The molecular formula is C20H19ClN2S. The van der Waals surface area contributed by atoms with Crippen LogP contribution in [0.25, 0.3) is 21.1 Å². The van der Waals surface area contributed by atoms with Crippen LogP contribution in [0.2, 0.25) is 5.02 Å². The zero-order valence-corrected chi connectivity index (χ0v) is 15.4. The maximum Gasteiger partial charge on any atom is 0.142 e. The number of rotatable bonds is 2. The lowest BCUT2D eigenvalue weighted by Gasteiger charge is -2.30. The Labute approximate surface area is 151 Å². The zero-order chi connectivity index (χ0) is 16.7. The minimum absolute atomic E-state index is 0.341. The first-order valence-corrected chi connectivity index (χ1v) is 9.41. The molecule has 0 fully saturated rings. The molecule has 2 aromatic heterocycles. The molecule has 122 valence electrons. The van der Waals surface area contributed by atoms with Gasteiger partial charge in [-0.15, -0.1) is 11.3 Å². The lowest BCUT2D eigenvalue weighted by Crippen LogP contribution is -2.23. The second-order valence-electron chi connectivity index (χ2n) is 7.18. The normalized spacial score (nSPS) is 16.0. The van der Waals surface area contributed by atoms with Crippen LogP contribution in [-0.4, -0.2) is 9.97 Å². The van der Waals surface area contributed by atoms with Crippen molar-refractivity contribution in [3.05, 3.63) is 58.9 Å². The molecular weight excluding hydrogens is 336 g/mol. The van der Waals surface area contributed by atoms with Crippen molar-refractivity contribution in [2.45, 2.75) is 33.1 Å². The number of fused-ring (bicyclic) bond motifs is 1. The van der Waals surface area contributed by atoms with Crippen LogP contribution in [-0.2, 0) is 12.8 Å². The molecule has 2 nitrogen and oxygen atoms in total. The van der Waals surface area contributed by atoms with Crippen molar-refractivity contribution in [2.24, 2.45) is 5.41 Å². The van der Waals surface area contributed by atoms with Gasteiger partial charge in [0.15, 0.2) is 0 Å². The summed E-state index contributed by atoms with van der Waals surface area (Å²) in [6, 6.07) is 12.2. The molecule has 1 aliphatic rings. The third kappa shape index (κ3) is 3.11. The molecule has 0 unspecified atom stereocenters. The third-order valence-electron chi connectivity index (χ3n) is 4.62. The number of aromatic nitrogens is 2. The highest BCUT2D eigenvalue weighted by atomic mass is 35.5. The van der Waals surface area contributed by atoms with Crippen LogP contribution in [0.5, 0.6) is 0 Å². The van der Waals surface area contributed by atoms with E-state index in [-0.39, 0.29) is 0 Å². The fraction of sp³-hybridized carbons (Fsp3) is 0.300. The Kier molecular flexibility index (Phi) is 3.93. The highest BCUT2D eigenvalue weighted by molar-refractivity contribution is 7.18. The Hall–Kier alpha value is -1.71. The summed E-state index contributed by atoms with van der Waals surface area (Å²) in [7, 11) is 0. The van der Waals surface area contributed by atoms with E-state index in [9.17, 15) is 0 Å². The van der Waals surface area contributed by atoms with Crippen molar-refractivity contribution in [2.75, 3.05) is 0 Å². The highest BCUT2D eigenvalue weighted by Gasteiger charge is 2.26. The summed E-state index contributed by atoms with van der Waals surface area (Å²) in [6.45, 7) is 4.65. The molecule has 0 saturated heterocycles. The quantitative estimate of drug-likeness (QED) is 0.560. The first-order valence-electron chi connectivity index (χ1n) is 8.21. The van der Waals surface area contributed by atoms with Crippen LogP contribution in [0.3, 0.4) is 0 Å². The molecule has 0 atom stereocenters. The standard InChI is InChI=1S/C20H19ClN2S/c1-20(2)9-8-13-6-7-16(23-17(13)11-20)19-22-12-18(24-19)14-4-3-5-15(21)10-14/h3-7,10,12H,8-9,11H2,1-2H3. The summed E-state index contributed by atoms with van der Waals surface area (Å²) in [4.78, 5) is 10.6. The van der Waals surface area contributed by atoms with E-state index in [1.165, 1.54) is 17.7 Å². The van der Waals surface area contributed by atoms with E-state index in [1.807, 2.05) is 24.4 Å². The summed E-state index contributed by atoms with van der Waals surface area (Å²) in [5.74, 6) is 0. The number of nitrogens with zero attached hydrogens (tertiary/aromatic N) is 2. The Morgan fingerprint density at radius 1 is 1.17 bits per heavy atom. The fourth-order valence-corrected chi connectivity index (χ4v) is 4.28. The lowest BCUT2D eigenvalue weighted by molar-refractivity contribution is 0.311. The van der Waals surface area contributed by atoms with E-state index in [1.54, 1.807) is 11.3 Å². The maximum atomic E-state index is 6.10.